The molecule has 0 radical (unpaired) electrons. The number of hydrogen-bond donors (Lipinski definition) is 2. The third-order valence-electron chi connectivity index (χ3n) is 4.75. The number of nitrogens with one attached hydrogen (secondary N) is 1. The molecule has 4 heteroatoms. The van der Waals surface area contributed by atoms with Crippen molar-refractivity contribution in [1.82, 2.24) is 0 Å². The topological polar surface area (TPSA) is 52.6 Å². The van der Waals surface area contributed by atoms with Gasteiger partial charge in [-0.25, -0.2) is 0 Å². The molecule has 2 N–H and O–H groups in total. The summed E-state index contributed by atoms with van der Waals surface area (Å²) in [6.07, 6.45) is 5.40. The maximum atomic E-state index is 11.5. The standard InChI is InChI=1S/C17H24N2O2/c1-2-4-12-5-3-9-19(10-8-12)13-6-7-14-15(11-13)18-17(21)16(14)20/h6-7,11-12,16,20H,2-5,8-10H2,1H3,(H,18,21). The van der Waals surface area contributed by atoms with Crippen molar-refractivity contribution in [2.75, 3.05) is 23.3 Å². The van der Waals surface area contributed by atoms with Crippen molar-refractivity contribution in [2.45, 2.75) is 45.1 Å². The summed E-state index contributed by atoms with van der Waals surface area (Å²) in [5.74, 6) is 0.539. The molecule has 21 heavy (non-hydrogen) atoms. The average Bonchev–Trinajstić information content (AvgIpc) is 2.67. The first kappa shape index (κ1) is 14.4. The molecule has 3 rings (SSSR count). The first-order chi connectivity index (χ1) is 10.2. The van der Waals surface area contributed by atoms with Crippen LogP contribution in [0.2, 0.25) is 0 Å². The molecule has 1 saturated heterocycles. The zero-order chi connectivity index (χ0) is 14.8. The molecule has 114 valence electrons. The fourth-order valence-electron chi connectivity index (χ4n) is 3.55. The van der Waals surface area contributed by atoms with E-state index in [1.807, 2.05) is 18.2 Å². The Morgan fingerprint density at radius 1 is 1.33 bits per heavy atom. The molecule has 2 heterocycles. The van der Waals surface area contributed by atoms with Gasteiger partial charge in [0.1, 0.15) is 0 Å². The lowest BCUT2D eigenvalue weighted by atomic mass is 9.96. The molecule has 1 aromatic rings. The van der Waals surface area contributed by atoms with Crippen molar-refractivity contribution >= 4 is 17.3 Å². The molecule has 0 spiro atoms. The Hall–Kier alpha value is -1.55. The molecule has 0 bridgehead atoms. The van der Waals surface area contributed by atoms with Crippen molar-refractivity contribution in [3.63, 3.8) is 0 Å². The van der Waals surface area contributed by atoms with Gasteiger partial charge in [0.2, 0.25) is 0 Å². The van der Waals surface area contributed by atoms with E-state index in [2.05, 4.69) is 17.1 Å². The predicted octanol–water partition coefficient (Wildman–Crippen LogP) is 3.08. The zero-order valence-corrected chi connectivity index (χ0v) is 12.6. The first-order valence-corrected chi connectivity index (χ1v) is 8.07. The van der Waals surface area contributed by atoms with E-state index in [1.54, 1.807) is 0 Å². The third kappa shape index (κ3) is 2.91. The second-order valence-corrected chi connectivity index (χ2v) is 6.24. The largest absolute Gasteiger partial charge is 0.378 e. The Morgan fingerprint density at radius 3 is 3.00 bits per heavy atom. The number of amides is 1. The fourth-order valence-corrected chi connectivity index (χ4v) is 3.55. The highest BCUT2D eigenvalue weighted by Crippen LogP contribution is 2.35. The van der Waals surface area contributed by atoms with Crippen molar-refractivity contribution < 1.29 is 9.90 Å². The Balaban J connectivity index is 1.73. The van der Waals surface area contributed by atoms with Crippen LogP contribution in [0.15, 0.2) is 18.2 Å². The Labute approximate surface area is 126 Å². The lowest BCUT2D eigenvalue weighted by Gasteiger charge is -2.23. The van der Waals surface area contributed by atoms with Gasteiger partial charge in [-0.15, -0.1) is 0 Å². The zero-order valence-electron chi connectivity index (χ0n) is 12.6. The summed E-state index contributed by atoms with van der Waals surface area (Å²) in [7, 11) is 0. The van der Waals surface area contributed by atoms with Crippen LogP contribution in [0.5, 0.6) is 0 Å². The van der Waals surface area contributed by atoms with Crippen LogP contribution in [-0.2, 0) is 4.79 Å². The van der Waals surface area contributed by atoms with E-state index in [1.165, 1.54) is 32.1 Å². The number of fused-ring (bicyclic) bond motifs is 1. The van der Waals surface area contributed by atoms with Gasteiger partial charge < -0.3 is 15.3 Å². The molecular formula is C17H24N2O2. The number of rotatable bonds is 3. The van der Waals surface area contributed by atoms with Gasteiger partial charge in [-0.2, -0.15) is 0 Å². The fraction of sp³-hybridized carbons (Fsp3) is 0.588. The summed E-state index contributed by atoms with van der Waals surface area (Å²) in [5, 5.41) is 12.5. The van der Waals surface area contributed by atoms with Gasteiger partial charge in [0.25, 0.3) is 5.91 Å². The Morgan fingerprint density at radius 2 is 2.19 bits per heavy atom. The Bertz CT molecular complexity index is 530. The second-order valence-electron chi connectivity index (χ2n) is 6.24. The minimum atomic E-state index is -1.01. The molecule has 1 amide bonds. The van der Waals surface area contributed by atoms with Gasteiger partial charge in [-0.05, 0) is 37.3 Å². The Kier molecular flexibility index (Phi) is 4.15. The van der Waals surface area contributed by atoms with Crippen LogP contribution in [-0.4, -0.2) is 24.1 Å². The highest BCUT2D eigenvalue weighted by molar-refractivity contribution is 6.02. The molecule has 2 unspecified atom stereocenters. The summed E-state index contributed by atoms with van der Waals surface area (Å²) in [6.45, 7) is 4.42. The molecule has 2 aliphatic rings. The molecule has 4 nitrogen and oxygen atoms in total. The molecule has 0 aliphatic carbocycles. The van der Waals surface area contributed by atoms with Crippen LogP contribution in [0.25, 0.3) is 0 Å². The van der Waals surface area contributed by atoms with Crippen molar-refractivity contribution in [3.8, 4) is 0 Å². The van der Waals surface area contributed by atoms with Crippen LogP contribution in [0.3, 0.4) is 0 Å². The second kappa shape index (κ2) is 6.06. The quantitative estimate of drug-likeness (QED) is 0.898. The average molecular weight is 288 g/mol. The van der Waals surface area contributed by atoms with Crippen molar-refractivity contribution in [1.29, 1.82) is 0 Å². The van der Waals surface area contributed by atoms with E-state index in [-0.39, 0.29) is 5.91 Å². The highest BCUT2D eigenvalue weighted by Gasteiger charge is 2.29. The summed E-state index contributed by atoms with van der Waals surface area (Å²) >= 11 is 0. The van der Waals surface area contributed by atoms with Crippen LogP contribution >= 0.6 is 0 Å². The van der Waals surface area contributed by atoms with Crippen molar-refractivity contribution in [2.24, 2.45) is 5.92 Å². The molecule has 0 saturated carbocycles. The summed E-state index contributed by atoms with van der Waals surface area (Å²) in [5.41, 5.74) is 2.61. The van der Waals surface area contributed by atoms with Gasteiger partial charge >= 0.3 is 0 Å². The maximum Gasteiger partial charge on any atom is 0.257 e. The SMILES string of the molecule is CCCC1CCCN(c2ccc3c(c2)NC(=O)C3O)CC1. The van der Waals surface area contributed by atoms with Crippen LogP contribution in [0.1, 0.15) is 50.7 Å². The first-order valence-electron chi connectivity index (χ1n) is 8.07. The van der Waals surface area contributed by atoms with Crippen LogP contribution < -0.4 is 10.2 Å². The third-order valence-corrected chi connectivity index (χ3v) is 4.75. The number of anilines is 2. The lowest BCUT2D eigenvalue weighted by Crippen LogP contribution is -2.24. The molecule has 0 aromatic heterocycles. The number of carbonyl (C=O) groups is 1. The highest BCUT2D eigenvalue weighted by atomic mass is 16.3. The van der Waals surface area contributed by atoms with E-state index in [4.69, 9.17) is 0 Å². The number of hydrogen-bond acceptors (Lipinski definition) is 3. The minimum Gasteiger partial charge on any atom is -0.378 e. The number of nitrogens with zero attached hydrogens (tertiary/aromatic N) is 1. The van der Waals surface area contributed by atoms with E-state index < -0.39 is 6.10 Å². The van der Waals surface area contributed by atoms with E-state index in [0.717, 1.165) is 30.4 Å². The van der Waals surface area contributed by atoms with Gasteiger partial charge in [0.15, 0.2) is 6.10 Å². The normalized spacial score (nSPS) is 25.4. The van der Waals surface area contributed by atoms with E-state index in [0.29, 0.717) is 5.56 Å². The van der Waals surface area contributed by atoms with Gasteiger partial charge in [-0.1, -0.05) is 25.8 Å². The van der Waals surface area contributed by atoms with Crippen molar-refractivity contribution in [3.05, 3.63) is 23.8 Å². The predicted molar refractivity (Wildman–Crippen MR) is 84.5 cm³/mol. The van der Waals surface area contributed by atoms with Crippen LogP contribution in [0.4, 0.5) is 11.4 Å². The molecule has 2 aliphatic heterocycles. The number of aliphatic hydroxyl groups excluding tert-OH is 1. The monoisotopic (exact) mass is 288 g/mol. The molecule has 2 atom stereocenters. The number of aliphatic hydroxyl groups is 1. The number of benzene rings is 1. The maximum absolute atomic E-state index is 11.5. The lowest BCUT2D eigenvalue weighted by molar-refractivity contribution is -0.123. The van der Waals surface area contributed by atoms with Gasteiger partial charge in [-0.3, -0.25) is 4.79 Å². The van der Waals surface area contributed by atoms with Gasteiger partial charge in [0.05, 0.1) is 0 Å². The summed E-state index contributed by atoms with van der Waals surface area (Å²) < 4.78 is 0. The molecule has 1 aromatic carbocycles. The van der Waals surface area contributed by atoms with E-state index >= 15 is 0 Å². The number of carbonyl (C=O) groups excluding carboxylic acids is 1. The molecular weight excluding hydrogens is 264 g/mol. The smallest absolute Gasteiger partial charge is 0.257 e. The van der Waals surface area contributed by atoms with E-state index in [9.17, 15) is 9.90 Å². The molecule has 1 fully saturated rings. The van der Waals surface area contributed by atoms with Crippen LogP contribution in [0, 0.1) is 5.92 Å². The van der Waals surface area contributed by atoms with Gasteiger partial charge in [0, 0.05) is 30.0 Å². The summed E-state index contributed by atoms with van der Waals surface area (Å²) in [4.78, 5) is 13.9. The summed E-state index contributed by atoms with van der Waals surface area (Å²) in [6, 6.07) is 5.91. The minimum absolute atomic E-state index is 0.318.